The van der Waals surface area contributed by atoms with Gasteiger partial charge in [0, 0.05) is 11.3 Å². The fraction of sp³-hybridized carbons (Fsp3) is 0.167. The largest absolute Gasteiger partial charge is 0.338 e. The number of nitrogens with one attached hydrogen (secondary N) is 1. The van der Waals surface area contributed by atoms with Crippen LogP contribution in [-0.2, 0) is 10.5 Å². The second-order valence-corrected chi connectivity index (χ2v) is 6.41. The molecule has 0 atom stereocenters. The molecule has 1 amide bonds. The molecule has 5 nitrogen and oxygen atoms in total. The molecule has 0 unspecified atom stereocenters. The lowest BCUT2D eigenvalue weighted by Crippen LogP contribution is -2.14. The standard InChI is InChI=1S/C18H16FN3O2S/c1-12-5-7-15(8-6-12)20-16(23)10-25-11-17-21-18(22-24-17)13-3-2-4-14(19)9-13/h2-9H,10-11H2,1H3,(H,20,23). The van der Waals surface area contributed by atoms with Crippen molar-refractivity contribution in [2.75, 3.05) is 11.1 Å². The molecule has 0 aliphatic rings. The molecule has 25 heavy (non-hydrogen) atoms. The lowest BCUT2D eigenvalue weighted by Gasteiger charge is -2.04. The maximum Gasteiger partial charge on any atom is 0.236 e. The van der Waals surface area contributed by atoms with Gasteiger partial charge in [-0.05, 0) is 31.2 Å². The summed E-state index contributed by atoms with van der Waals surface area (Å²) in [6, 6.07) is 13.6. The van der Waals surface area contributed by atoms with Crippen LogP contribution in [0.3, 0.4) is 0 Å². The van der Waals surface area contributed by atoms with Crippen molar-refractivity contribution in [3.63, 3.8) is 0 Å². The minimum absolute atomic E-state index is 0.0984. The van der Waals surface area contributed by atoms with E-state index in [-0.39, 0.29) is 17.5 Å². The lowest BCUT2D eigenvalue weighted by molar-refractivity contribution is -0.113. The summed E-state index contributed by atoms with van der Waals surface area (Å²) in [5.41, 5.74) is 2.46. The molecule has 0 radical (unpaired) electrons. The number of anilines is 1. The highest BCUT2D eigenvalue weighted by molar-refractivity contribution is 7.99. The first-order valence-corrected chi connectivity index (χ1v) is 8.78. The quantitative estimate of drug-likeness (QED) is 0.721. The summed E-state index contributed by atoms with van der Waals surface area (Å²) in [5, 5.41) is 6.66. The normalized spacial score (nSPS) is 10.6. The lowest BCUT2D eigenvalue weighted by atomic mass is 10.2. The summed E-state index contributed by atoms with van der Waals surface area (Å²) in [7, 11) is 0. The molecule has 3 rings (SSSR count). The van der Waals surface area contributed by atoms with Crippen LogP contribution in [0.15, 0.2) is 53.1 Å². The highest BCUT2D eigenvalue weighted by atomic mass is 32.2. The van der Waals surface area contributed by atoms with Crippen LogP contribution in [0, 0.1) is 12.7 Å². The van der Waals surface area contributed by atoms with Gasteiger partial charge in [-0.3, -0.25) is 4.79 Å². The smallest absolute Gasteiger partial charge is 0.236 e. The van der Waals surface area contributed by atoms with Crippen molar-refractivity contribution in [3.05, 3.63) is 65.8 Å². The Kier molecular flexibility index (Phi) is 5.45. The van der Waals surface area contributed by atoms with Crippen molar-refractivity contribution < 1.29 is 13.7 Å². The molecule has 1 heterocycles. The van der Waals surface area contributed by atoms with Crippen LogP contribution in [0.4, 0.5) is 10.1 Å². The molecule has 1 N–H and O–H groups in total. The number of amides is 1. The molecule has 7 heteroatoms. The average molecular weight is 357 g/mol. The highest BCUT2D eigenvalue weighted by Gasteiger charge is 2.10. The van der Waals surface area contributed by atoms with E-state index in [1.54, 1.807) is 12.1 Å². The Morgan fingerprint density at radius 1 is 1.24 bits per heavy atom. The molecular weight excluding hydrogens is 341 g/mol. The zero-order chi connectivity index (χ0) is 17.6. The summed E-state index contributed by atoms with van der Waals surface area (Å²) in [6.07, 6.45) is 0. The minimum Gasteiger partial charge on any atom is -0.338 e. The predicted octanol–water partition coefficient (Wildman–Crippen LogP) is 4.06. The average Bonchev–Trinajstić information content (AvgIpc) is 3.06. The zero-order valence-electron chi connectivity index (χ0n) is 13.5. The molecule has 2 aromatic carbocycles. The molecule has 0 aliphatic carbocycles. The van der Waals surface area contributed by atoms with Gasteiger partial charge < -0.3 is 9.84 Å². The van der Waals surface area contributed by atoms with E-state index in [2.05, 4.69) is 15.5 Å². The van der Waals surface area contributed by atoms with Crippen LogP contribution < -0.4 is 5.32 Å². The van der Waals surface area contributed by atoms with Gasteiger partial charge in [-0.15, -0.1) is 11.8 Å². The van der Waals surface area contributed by atoms with Crippen molar-refractivity contribution in [1.29, 1.82) is 0 Å². The highest BCUT2D eigenvalue weighted by Crippen LogP contribution is 2.19. The molecule has 0 fully saturated rings. The maximum atomic E-state index is 13.2. The summed E-state index contributed by atoms with van der Waals surface area (Å²) in [6.45, 7) is 1.99. The maximum absolute atomic E-state index is 13.2. The Morgan fingerprint density at radius 3 is 2.80 bits per heavy atom. The van der Waals surface area contributed by atoms with E-state index >= 15 is 0 Å². The Labute approximate surface area is 148 Å². The molecule has 0 aliphatic heterocycles. The van der Waals surface area contributed by atoms with Crippen LogP contribution >= 0.6 is 11.8 Å². The molecule has 1 aromatic heterocycles. The predicted molar refractivity (Wildman–Crippen MR) is 95.7 cm³/mol. The van der Waals surface area contributed by atoms with E-state index in [4.69, 9.17) is 4.52 Å². The van der Waals surface area contributed by atoms with E-state index in [9.17, 15) is 9.18 Å². The van der Waals surface area contributed by atoms with E-state index in [1.807, 2.05) is 31.2 Å². The van der Waals surface area contributed by atoms with Crippen molar-refractivity contribution in [1.82, 2.24) is 10.1 Å². The SMILES string of the molecule is Cc1ccc(NC(=O)CSCc2nc(-c3cccc(F)c3)no2)cc1. The first-order valence-electron chi connectivity index (χ1n) is 7.63. The zero-order valence-corrected chi connectivity index (χ0v) is 14.3. The molecule has 0 saturated heterocycles. The third-order valence-corrected chi connectivity index (χ3v) is 4.26. The Morgan fingerprint density at radius 2 is 2.04 bits per heavy atom. The third kappa shape index (κ3) is 4.90. The van der Waals surface area contributed by atoms with E-state index in [0.29, 0.717) is 23.0 Å². The summed E-state index contributed by atoms with van der Waals surface area (Å²) in [4.78, 5) is 16.1. The van der Waals surface area contributed by atoms with Gasteiger partial charge in [0.2, 0.25) is 17.6 Å². The van der Waals surface area contributed by atoms with Crippen LogP contribution in [0.5, 0.6) is 0 Å². The van der Waals surface area contributed by atoms with E-state index in [1.165, 1.54) is 23.9 Å². The van der Waals surface area contributed by atoms with Gasteiger partial charge in [-0.25, -0.2) is 4.39 Å². The van der Waals surface area contributed by atoms with Gasteiger partial charge in [0.25, 0.3) is 0 Å². The number of hydrogen-bond donors (Lipinski definition) is 1. The molecule has 3 aromatic rings. The fourth-order valence-electron chi connectivity index (χ4n) is 2.12. The van der Waals surface area contributed by atoms with Gasteiger partial charge in [-0.2, -0.15) is 4.98 Å². The monoisotopic (exact) mass is 357 g/mol. The Hall–Kier alpha value is -2.67. The number of halogens is 1. The molecular formula is C18H16FN3O2S. The topological polar surface area (TPSA) is 68.0 Å². The van der Waals surface area contributed by atoms with Gasteiger partial charge in [0.1, 0.15) is 5.82 Å². The molecule has 0 saturated carbocycles. The van der Waals surface area contributed by atoms with Crippen LogP contribution in [0.2, 0.25) is 0 Å². The van der Waals surface area contributed by atoms with Crippen LogP contribution in [-0.4, -0.2) is 21.8 Å². The van der Waals surface area contributed by atoms with Crippen LogP contribution in [0.1, 0.15) is 11.5 Å². The minimum atomic E-state index is -0.356. The first-order chi connectivity index (χ1) is 12.1. The molecule has 0 bridgehead atoms. The van der Waals surface area contributed by atoms with E-state index < -0.39 is 0 Å². The Bertz CT molecular complexity index is 865. The fourth-order valence-corrected chi connectivity index (χ4v) is 2.77. The second kappa shape index (κ2) is 7.94. The van der Waals surface area contributed by atoms with Crippen molar-refractivity contribution >= 4 is 23.4 Å². The summed E-state index contributed by atoms with van der Waals surface area (Å²) in [5.74, 6) is 0.950. The second-order valence-electron chi connectivity index (χ2n) is 5.43. The number of nitrogens with zero attached hydrogens (tertiary/aromatic N) is 2. The first kappa shape index (κ1) is 17.2. The summed E-state index contributed by atoms with van der Waals surface area (Å²) >= 11 is 1.37. The third-order valence-electron chi connectivity index (χ3n) is 3.34. The van der Waals surface area contributed by atoms with E-state index in [0.717, 1.165) is 11.3 Å². The number of thioether (sulfide) groups is 1. The number of carbonyl (C=O) groups is 1. The molecule has 0 spiro atoms. The number of benzene rings is 2. The van der Waals surface area contributed by atoms with Gasteiger partial charge in [0.05, 0.1) is 11.5 Å². The van der Waals surface area contributed by atoms with Crippen LogP contribution in [0.25, 0.3) is 11.4 Å². The number of carbonyl (C=O) groups excluding carboxylic acids is 1. The van der Waals surface area contributed by atoms with Crippen molar-refractivity contribution in [2.45, 2.75) is 12.7 Å². The van der Waals surface area contributed by atoms with Crippen molar-refractivity contribution in [2.24, 2.45) is 0 Å². The Balaban J connectivity index is 1.49. The molecule has 128 valence electrons. The van der Waals surface area contributed by atoms with Crippen molar-refractivity contribution in [3.8, 4) is 11.4 Å². The number of hydrogen-bond acceptors (Lipinski definition) is 5. The van der Waals surface area contributed by atoms with Gasteiger partial charge in [0.15, 0.2) is 0 Å². The number of aromatic nitrogens is 2. The van der Waals surface area contributed by atoms with Gasteiger partial charge >= 0.3 is 0 Å². The number of rotatable bonds is 6. The summed E-state index contributed by atoms with van der Waals surface area (Å²) < 4.78 is 18.4. The van der Waals surface area contributed by atoms with Gasteiger partial charge in [-0.1, -0.05) is 35.0 Å². The number of aryl methyl sites for hydroxylation is 1.